The van der Waals surface area contributed by atoms with Gasteiger partial charge in [0.25, 0.3) is 0 Å². The summed E-state index contributed by atoms with van der Waals surface area (Å²) < 4.78 is 39.6. The molecule has 0 bridgehead atoms. The number of hydrogen-bond donors (Lipinski definition) is 4. The van der Waals surface area contributed by atoms with Crippen LogP contribution in [-0.4, -0.2) is 39.5 Å². The summed E-state index contributed by atoms with van der Waals surface area (Å²) in [4.78, 5) is 20.9. The normalized spacial score (nSPS) is 11.6. The van der Waals surface area contributed by atoms with Crippen molar-refractivity contribution >= 4 is 23.3 Å². The number of aromatic nitrogens is 2. The third-order valence-corrected chi connectivity index (χ3v) is 5.67. The molecule has 0 fully saturated rings. The van der Waals surface area contributed by atoms with Gasteiger partial charge in [-0.1, -0.05) is 18.2 Å². The molecule has 0 saturated carbocycles. The predicted molar refractivity (Wildman–Crippen MR) is 151 cm³/mol. The topological polar surface area (TPSA) is 135 Å². The van der Waals surface area contributed by atoms with Gasteiger partial charge in [0, 0.05) is 59.2 Å². The molecular weight excluding hydrogens is 518 g/mol. The van der Waals surface area contributed by atoms with Crippen LogP contribution in [0.2, 0.25) is 0 Å². The number of anilines is 2. The minimum absolute atomic E-state index is 0.0277. The average Bonchev–Trinajstić information content (AvgIpc) is 2.83. The van der Waals surface area contributed by atoms with Crippen molar-refractivity contribution in [1.29, 1.82) is 5.41 Å². The molecule has 0 unspecified atom stereocenters. The van der Waals surface area contributed by atoms with Crippen LogP contribution in [0.25, 0.3) is 0 Å². The molecule has 0 radical (unpaired) electrons. The van der Waals surface area contributed by atoms with Crippen molar-refractivity contribution in [3.63, 3.8) is 0 Å². The highest BCUT2D eigenvalue weighted by Gasteiger charge is 2.26. The highest BCUT2D eigenvalue weighted by molar-refractivity contribution is 6.12. The van der Waals surface area contributed by atoms with Gasteiger partial charge in [-0.05, 0) is 47.6 Å². The van der Waals surface area contributed by atoms with Crippen LogP contribution in [0.4, 0.5) is 25.1 Å². The summed E-state index contributed by atoms with van der Waals surface area (Å²) in [6.45, 7) is 10.9. The number of alkyl carbamates (subject to hydrolysis) is 1. The number of halogens is 2. The minimum atomic E-state index is -0.737. The molecule has 3 rings (SSSR count). The Labute approximate surface area is 233 Å². The number of carbonyl (C=O) groups is 1. The lowest BCUT2D eigenvalue weighted by molar-refractivity contribution is 0.0472. The fraction of sp³-hybridized carbons (Fsp3) is 0.379. The molecule has 0 aliphatic carbocycles. The molecule has 0 atom stereocenters. The largest absolute Gasteiger partial charge is 0.494 e. The van der Waals surface area contributed by atoms with Crippen LogP contribution in [0.3, 0.4) is 0 Å². The first kappa shape index (κ1) is 30.3. The van der Waals surface area contributed by atoms with Crippen LogP contribution in [0.15, 0.2) is 42.6 Å². The molecular formula is C29H36F2N6O3. The number of nitrogens with one attached hydrogen (secondary N) is 3. The Kier molecular flexibility index (Phi) is 9.28. The zero-order valence-electron chi connectivity index (χ0n) is 23.6. The monoisotopic (exact) mass is 554 g/mol. The quantitative estimate of drug-likeness (QED) is 0.239. The smallest absolute Gasteiger partial charge is 0.408 e. The van der Waals surface area contributed by atoms with Crippen molar-refractivity contribution < 1.29 is 23.0 Å². The molecule has 2 aromatic carbocycles. The van der Waals surface area contributed by atoms with E-state index in [1.54, 1.807) is 52.0 Å². The van der Waals surface area contributed by atoms with E-state index in [2.05, 4.69) is 20.6 Å². The van der Waals surface area contributed by atoms with Gasteiger partial charge >= 0.3 is 6.09 Å². The number of nitrogens with zero attached hydrogens (tertiary/aromatic N) is 2. The van der Waals surface area contributed by atoms with Crippen molar-refractivity contribution in [3.8, 4) is 5.75 Å². The van der Waals surface area contributed by atoms with Gasteiger partial charge < -0.3 is 25.8 Å². The summed E-state index contributed by atoms with van der Waals surface area (Å²) >= 11 is 0. The van der Waals surface area contributed by atoms with Gasteiger partial charge in [0.05, 0.1) is 6.61 Å². The first-order valence-electron chi connectivity index (χ1n) is 12.8. The second-order valence-corrected chi connectivity index (χ2v) is 10.9. The van der Waals surface area contributed by atoms with Crippen LogP contribution in [-0.2, 0) is 17.7 Å². The molecule has 9 nitrogen and oxygen atoms in total. The number of carbonyl (C=O) groups excluding carboxylic acids is 1. The predicted octanol–water partition coefficient (Wildman–Crippen LogP) is 5.61. The van der Waals surface area contributed by atoms with Crippen molar-refractivity contribution in [2.45, 2.75) is 65.6 Å². The van der Waals surface area contributed by atoms with Gasteiger partial charge in [-0.25, -0.2) is 23.5 Å². The van der Waals surface area contributed by atoms with E-state index in [0.29, 0.717) is 29.8 Å². The lowest BCUT2D eigenvalue weighted by atomic mass is 9.96. The Morgan fingerprint density at radius 3 is 2.35 bits per heavy atom. The third kappa shape index (κ3) is 8.11. The number of rotatable bonds is 10. The van der Waals surface area contributed by atoms with E-state index >= 15 is 0 Å². The number of para-hydroxylation sites is 1. The van der Waals surface area contributed by atoms with Crippen LogP contribution >= 0.6 is 0 Å². The summed E-state index contributed by atoms with van der Waals surface area (Å²) in [6.07, 6.45) is 1.29. The van der Waals surface area contributed by atoms with Crippen molar-refractivity contribution in [1.82, 2.24) is 15.3 Å². The second kappa shape index (κ2) is 12.3. The highest BCUT2D eigenvalue weighted by atomic mass is 19.1. The molecule has 1 aromatic heterocycles. The fourth-order valence-corrected chi connectivity index (χ4v) is 3.93. The summed E-state index contributed by atoms with van der Waals surface area (Å²) in [6, 6.07) is 9.12. The Balaban J connectivity index is 1.75. The summed E-state index contributed by atoms with van der Waals surface area (Å²) in [5.74, 6) is -1.12. The highest BCUT2D eigenvalue weighted by Crippen LogP contribution is 2.25. The van der Waals surface area contributed by atoms with E-state index < -0.39 is 28.9 Å². The van der Waals surface area contributed by atoms with Crippen LogP contribution < -0.4 is 21.1 Å². The van der Waals surface area contributed by atoms with Crippen LogP contribution in [0, 0.1) is 17.0 Å². The second-order valence-electron chi connectivity index (χ2n) is 10.9. The number of hydrogen-bond acceptors (Lipinski definition) is 8. The molecule has 11 heteroatoms. The zero-order valence-corrected chi connectivity index (χ0v) is 23.6. The van der Waals surface area contributed by atoms with E-state index in [4.69, 9.17) is 20.6 Å². The number of amides is 1. The number of nitrogen functional groups attached to an aromatic ring is 1. The molecule has 40 heavy (non-hydrogen) atoms. The maximum atomic E-state index is 14.5. The average molecular weight is 555 g/mol. The summed E-state index contributed by atoms with van der Waals surface area (Å²) in [5, 5.41) is 14.5. The zero-order chi connectivity index (χ0) is 29.7. The number of benzene rings is 2. The SMILES string of the molecule is CCOc1cc(F)c(CNc2ccccc2C(=N)c2ncc(CC(C)(C)NC(=O)OC(C)(C)C)c(N)n2)c(F)c1. The van der Waals surface area contributed by atoms with Gasteiger partial charge in [-0.3, -0.25) is 5.41 Å². The maximum absolute atomic E-state index is 14.5. The van der Waals surface area contributed by atoms with Gasteiger partial charge in [0.2, 0.25) is 0 Å². The first-order chi connectivity index (χ1) is 18.7. The Hall–Kier alpha value is -4.28. The molecule has 5 N–H and O–H groups in total. The molecule has 214 valence electrons. The van der Waals surface area contributed by atoms with Crippen LogP contribution in [0.5, 0.6) is 5.75 Å². The molecule has 3 aromatic rings. The Bertz CT molecular complexity index is 1370. The van der Waals surface area contributed by atoms with E-state index in [-0.39, 0.29) is 35.2 Å². The summed E-state index contributed by atoms with van der Waals surface area (Å²) in [5.41, 5.74) is 6.17. The van der Waals surface area contributed by atoms with E-state index in [0.717, 1.165) is 12.1 Å². The van der Waals surface area contributed by atoms with E-state index in [1.165, 1.54) is 6.20 Å². The van der Waals surface area contributed by atoms with E-state index in [9.17, 15) is 13.6 Å². The maximum Gasteiger partial charge on any atom is 0.408 e. The third-order valence-electron chi connectivity index (χ3n) is 5.67. The molecule has 0 aliphatic rings. The number of ether oxygens (including phenoxy) is 2. The minimum Gasteiger partial charge on any atom is -0.494 e. The van der Waals surface area contributed by atoms with Gasteiger partial charge in [-0.15, -0.1) is 0 Å². The molecule has 0 aliphatic heterocycles. The number of nitrogens with two attached hydrogens (primary N) is 1. The summed E-state index contributed by atoms with van der Waals surface area (Å²) in [7, 11) is 0. The van der Waals surface area contributed by atoms with Crippen molar-refractivity contribution in [2.75, 3.05) is 17.7 Å². The van der Waals surface area contributed by atoms with Crippen molar-refractivity contribution in [2.24, 2.45) is 0 Å². The molecule has 1 heterocycles. The Morgan fingerprint density at radius 2 is 1.75 bits per heavy atom. The lowest BCUT2D eigenvalue weighted by Gasteiger charge is -2.29. The lowest BCUT2D eigenvalue weighted by Crippen LogP contribution is -2.47. The van der Waals surface area contributed by atoms with E-state index in [1.807, 2.05) is 13.8 Å². The van der Waals surface area contributed by atoms with Crippen molar-refractivity contribution in [3.05, 3.63) is 76.7 Å². The van der Waals surface area contributed by atoms with Crippen LogP contribution in [0.1, 0.15) is 64.1 Å². The first-order valence-corrected chi connectivity index (χ1v) is 12.8. The fourth-order valence-electron chi connectivity index (χ4n) is 3.93. The molecule has 1 amide bonds. The van der Waals surface area contributed by atoms with Gasteiger partial charge in [-0.2, -0.15) is 0 Å². The standard InChI is InChI=1S/C29H36F2N6O3/c1-7-39-18-12-21(30)20(22(31)13-18)16-34-23-11-9-8-10-19(23)24(32)26-35-15-17(25(33)36-26)14-29(5,6)37-27(38)40-28(2,3)4/h8-13,15,32,34H,7,14,16H2,1-6H3,(H,37,38)(H2,33,35,36). The van der Waals surface area contributed by atoms with Gasteiger partial charge in [0.1, 0.15) is 34.5 Å². The van der Waals surface area contributed by atoms with Gasteiger partial charge in [0.15, 0.2) is 5.82 Å². The Morgan fingerprint density at radius 1 is 1.10 bits per heavy atom. The molecule has 0 spiro atoms. The molecule has 0 saturated heterocycles.